The van der Waals surface area contributed by atoms with Gasteiger partial charge in [-0.25, -0.2) is 0 Å². The van der Waals surface area contributed by atoms with Crippen LogP contribution >= 0.6 is 15.9 Å². The number of amides is 1. The van der Waals surface area contributed by atoms with Crippen molar-refractivity contribution in [3.8, 4) is 0 Å². The first-order valence-electron chi connectivity index (χ1n) is 4.33. The van der Waals surface area contributed by atoms with E-state index in [0.29, 0.717) is 6.04 Å². The molecule has 1 saturated carbocycles. The second kappa shape index (κ2) is 3.50. The Morgan fingerprint density at radius 1 is 1.38 bits per heavy atom. The van der Waals surface area contributed by atoms with Crippen LogP contribution < -0.4 is 5.32 Å². The summed E-state index contributed by atoms with van der Waals surface area (Å²) in [5.74, 6) is 0.0231. The zero-order valence-electron chi connectivity index (χ0n) is 7.09. The Kier molecular flexibility index (Phi) is 2.36. The van der Waals surface area contributed by atoms with Gasteiger partial charge in [0.2, 0.25) is 0 Å². The zero-order valence-corrected chi connectivity index (χ0v) is 8.67. The highest BCUT2D eigenvalue weighted by molar-refractivity contribution is 9.10. The summed E-state index contributed by atoms with van der Waals surface area (Å²) in [4.78, 5) is 11.6. The predicted molar refractivity (Wildman–Crippen MR) is 54.6 cm³/mol. The molecule has 1 N–H and O–H groups in total. The summed E-state index contributed by atoms with van der Waals surface area (Å²) in [5, 5.41) is 2.94. The average Bonchev–Trinajstić information content (AvgIpc) is 2.89. The highest BCUT2D eigenvalue weighted by atomic mass is 79.9. The van der Waals surface area contributed by atoms with Gasteiger partial charge in [0.15, 0.2) is 0 Å². The van der Waals surface area contributed by atoms with E-state index in [0.717, 1.165) is 22.9 Å². The summed E-state index contributed by atoms with van der Waals surface area (Å²) >= 11 is 3.35. The highest BCUT2D eigenvalue weighted by Gasteiger charge is 2.24. The van der Waals surface area contributed by atoms with Gasteiger partial charge in [-0.3, -0.25) is 4.79 Å². The van der Waals surface area contributed by atoms with Gasteiger partial charge in [-0.05, 0) is 40.9 Å². The fourth-order valence-electron chi connectivity index (χ4n) is 1.14. The number of benzene rings is 1. The van der Waals surface area contributed by atoms with Crippen LogP contribution in [0.25, 0.3) is 0 Å². The first-order chi connectivity index (χ1) is 6.27. The molecule has 1 fully saturated rings. The van der Waals surface area contributed by atoms with Crippen LogP contribution in [-0.4, -0.2) is 11.9 Å². The normalized spacial score (nSPS) is 15.5. The molecule has 0 saturated heterocycles. The molecule has 1 aromatic rings. The minimum absolute atomic E-state index is 0.0231. The molecule has 68 valence electrons. The second-order valence-electron chi connectivity index (χ2n) is 3.23. The van der Waals surface area contributed by atoms with Crippen molar-refractivity contribution in [1.82, 2.24) is 5.32 Å². The van der Waals surface area contributed by atoms with Gasteiger partial charge in [0, 0.05) is 10.5 Å². The van der Waals surface area contributed by atoms with E-state index >= 15 is 0 Å². The van der Waals surface area contributed by atoms with Gasteiger partial charge in [-0.15, -0.1) is 0 Å². The average molecular weight is 240 g/mol. The molecule has 2 nitrogen and oxygen atoms in total. The molecule has 1 aliphatic rings. The first kappa shape index (κ1) is 8.75. The van der Waals surface area contributed by atoms with E-state index in [1.807, 2.05) is 24.3 Å². The fourth-order valence-corrected chi connectivity index (χ4v) is 1.60. The van der Waals surface area contributed by atoms with Gasteiger partial charge in [-0.2, -0.15) is 0 Å². The van der Waals surface area contributed by atoms with Crippen molar-refractivity contribution in [2.45, 2.75) is 18.9 Å². The number of halogens is 1. The molecule has 0 aliphatic heterocycles. The smallest absolute Gasteiger partial charge is 0.252 e. The van der Waals surface area contributed by atoms with Crippen LogP contribution in [-0.2, 0) is 0 Å². The molecule has 0 bridgehead atoms. The second-order valence-corrected chi connectivity index (χ2v) is 4.08. The third-order valence-corrected chi connectivity index (χ3v) is 2.72. The maximum Gasteiger partial charge on any atom is 0.252 e. The minimum Gasteiger partial charge on any atom is -0.349 e. The highest BCUT2D eigenvalue weighted by Crippen LogP contribution is 2.21. The Hall–Kier alpha value is -0.830. The standard InChI is InChI=1S/C10H10BrNO/c11-9-4-2-1-3-8(9)10(13)12-7-5-6-7/h1-4,7H,5-6H2,(H,12,13). The number of rotatable bonds is 2. The molecule has 13 heavy (non-hydrogen) atoms. The number of carbonyl (C=O) groups excluding carboxylic acids is 1. The quantitative estimate of drug-likeness (QED) is 0.844. The first-order valence-corrected chi connectivity index (χ1v) is 5.12. The molecule has 0 atom stereocenters. The molecule has 0 unspecified atom stereocenters. The third kappa shape index (κ3) is 2.10. The lowest BCUT2D eigenvalue weighted by Crippen LogP contribution is -2.25. The van der Waals surface area contributed by atoms with Crippen LogP contribution in [0, 0.1) is 0 Å². The summed E-state index contributed by atoms with van der Waals surface area (Å²) in [7, 11) is 0. The molecule has 1 aromatic carbocycles. The largest absolute Gasteiger partial charge is 0.349 e. The molecule has 0 spiro atoms. The van der Waals surface area contributed by atoms with E-state index in [2.05, 4.69) is 21.2 Å². The molecule has 3 heteroatoms. The van der Waals surface area contributed by atoms with E-state index in [9.17, 15) is 4.79 Å². The summed E-state index contributed by atoms with van der Waals surface area (Å²) in [6.07, 6.45) is 2.24. The minimum atomic E-state index is 0.0231. The van der Waals surface area contributed by atoms with Gasteiger partial charge in [-0.1, -0.05) is 12.1 Å². The lowest BCUT2D eigenvalue weighted by Gasteiger charge is -2.04. The summed E-state index contributed by atoms with van der Waals surface area (Å²) in [5.41, 5.74) is 0.717. The molecule has 0 heterocycles. The topological polar surface area (TPSA) is 29.1 Å². The van der Waals surface area contributed by atoms with Crippen molar-refractivity contribution in [3.63, 3.8) is 0 Å². The molecule has 0 radical (unpaired) electrons. The predicted octanol–water partition coefficient (Wildman–Crippen LogP) is 2.34. The Balaban J connectivity index is 2.13. The SMILES string of the molecule is O=C(NC1CC1)c1ccccc1Br. The Morgan fingerprint density at radius 2 is 2.08 bits per heavy atom. The number of nitrogens with one attached hydrogen (secondary N) is 1. The van der Waals surface area contributed by atoms with E-state index < -0.39 is 0 Å². The van der Waals surface area contributed by atoms with Gasteiger partial charge in [0.1, 0.15) is 0 Å². The van der Waals surface area contributed by atoms with Gasteiger partial charge in [0.05, 0.1) is 5.56 Å². The lowest BCUT2D eigenvalue weighted by atomic mass is 10.2. The van der Waals surface area contributed by atoms with Crippen LogP contribution in [0.3, 0.4) is 0 Å². The maximum atomic E-state index is 11.6. The molecule has 1 amide bonds. The zero-order chi connectivity index (χ0) is 9.26. The van der Waals surface area contributed by atoms with Gasteiger partial charge < -0.3 is 5.32 Å². The molecular formula is C10H10BrNO. The van der Waals surface area contributed by atoms with E-state index in [-0.39, 0.29) is 5.91 Å². The number of hydrogen-bond donors (Lipinski definition) is 1. The maximum absolute atomic E-state index is 11.6. The third-order valence-electron chi connectivity index (χ3n) is 2.03. The van der Waals surface area contributed by atoms with Crippen molar-refractivity contribution >= 4 is 21.8 Å². The molecule has 2 rings (SSSR count). The van der Waals surface area contributed by atoms with Crippen LogP contribution in [0.1, 0.15) is 23.2 Å². The van der Waals surface area contributed by atoms with Gasteiger partial charge in [0.25, 0.3) is 5.91 Å². The Labute approximate surface area is 85.5 Å². The molecule has 0 aromatic heterocycles. The van der Waals surface area contributed by atoms with Crippen LogP contribution in [0.5, 0.6) is 0 Å². The van der Waals surface area contributed by atoms with E-state index in [4.69, 9.17) is 0 Å². The van der Waals surface area contributed by atoms with Crippen LogP contribution in [0.4, 0.5) is 0 Å². The van der Waals surface area contributed by atoms with Crippen molar-refractivity contribution in [3.05, 3.63) is 34.3 Å². The van der Waals surface area contributed by atoms with Crippen molar-refractivity contribution in [1.29, 1.82) is 0 Å². The van der Waals surface area contributed by atoms with Crippen LogP contribution in [0.15, 0.2) is 28.7 Å². The van der Waals surface area contributed by atoms with Crippen molar-refractivity contribution < 1.29 is 4.79 Å². The Morgan fingerprint density at radius 3 is 2.69 bits per heavy atom. The molecular weight excluding hydrogens is 230 g/mol. The van der Waals surface area contributed by atoms with E-state index in [1.165, 1.54) is 0 Å². The van der Waals surface area contributed by atoms with Crippen molar-refractivity contribution in [2.24, 2.45) is 0 Å². The van der Waals surface area contributed by atoms with Gasteiger partial charge >= 0.3 is 0 Å². The summed E-state index contributed by atoms with van der Waals surface area (Å²) in [6.45, 7) is 0. The number of hydrogen-bond acceptors (Lipinski definition) is 1. The van der Waals surface area contributed by atoms with Crippen LogP contribution in [0.2, 0.25) is 0 Å². The fraction of sp³-hybridized carbons (Fsp3) is 0.300. The summed E-state index contributed by atoms with van der Waals surface area (Å²) in [6, 6.07) is 7.88. The van der Waals surface area contributed by atoms with E-state index in [1.54, 1.807) is 0 Å². The molecule has 1 aliphatic carbocycles. The number of carbonyl (C=O) groups is 1. The lowest BCUT2D eigenvalue weighted by molar-refractivity contribution is 0.0950. The monoisotopic (exact) mass is 239 g/mol. The summed E-state index contributed by atoms with van der Waals surface area (Å²) < 4.78 is 0.855. The Bertz CT molecular complexity index is 333. The van der Waals surface area contributed by atoms with Crippen molar-refractivity contribution in [2.75, 3.05) is 0 Å².